The van der Waals surface area contributed by atoms with E-state index in [1.165, 1.54) is 29.3 Å². The van der Waals surface area contributed by atoms with Gasteiger partial charge in [-0.05, 0) is 37.8 Å². The number of carbonyl (C=O) groups is 1. The summed E-state index contributed by atoms with van der Waals surface area (Å²) in [5.74, 6) is 1.57. The summed E-state index contributed by atoms with van der Waals surface area (Å²) in [5.41, 5.74) is 2.52. The van der Waals surface area contributed by atoms with Crippen LogP contribution in [0.4, 0.5) is 0 Å². The van der Waals surface area contributed by atoms with Crippen molar-refractivity contribution in [2.75, 3.05) is 52.4 Å². The molecule has 1 amide bonds. The number of guanidine groups is 1. The Balaban J connectivity index is 0.00000306. The molecule has 2 aliphatic rings. The predicted molar refractivity (Wildman–Crippen MR) is 146 cm³/mol. The number of halogens is 1. The van der Waals surface area contributed by atoms with Crippen LogP contribution in [0.1, 0.15) is 38.2 Å². The number of piperazine rings is 1. The average Bonchev–Trinajstić information content (AvgIpc) is 3.50. The fourth-order valence-electron chi connectivity index (χ4n) is 4.92. The summed E-state index contributed by atoms with van der Waals surface area (Å²) in [5, 5.41) is 8.11. The number of H-pyrrole nitrogens is 1. The number of nitrogens with zero attached hydrogens (tertiary/aromatic N) is 3. The van der Waals surface area contributed by atoms with Crippen LogP contribution in [0.5, 0.6) is 0 Å². The minimum absolute atomic E-state index is 0. The second kappa shape index (κ2) is 13.2. The van der Waals surface area contributed by atoms with Gasteiger partial charge in [0.25, 0.3) is 0 Å². The highest BCUT2D eigenvalue weighted by Gasteiger charge is 2.29. The molecule has 2 fully saturated rings. The molecule has 1 aromatic carbocycles. The van der Waals surface area contributed by atoms with Gasteiger partial charge in [-0.2, -0.15) is 0 Å². The van der Waals surface area contributed by atoms with Crippen LogP contribution in [0.2, 0.25) is 0 Å². The number of para-hydroxylation sites is 1. The Labute approximate surface area is 214 Å². The van der Waals surface area contributed by atoms with Crippen molar-refractivity contribution in [3.8, 4) is 0 Å². The zero-order valence-electron chi connectivity index (χ0n) is 19.8. The Morgan fingerprint density at radius 3 is 2.64 bits per heavy atom. The van der Waals surface area contributed by atoms with Gasteiger partial charge in [0.1, 0.15) is 0 Å². The van der Waals surface area contributed by atoms with Crippen LogP contribution in [0.3, 0.4) is 0 Å². The number of fused-ring (bicyclic) bond motifs is 1. The quantitative estimate of drug-likeness (QED) is 0.261. The van der Waals surface area contributed by atoms with Crippen molar-refractivity contribution in [1.29, 1.82) is 0 Å². The van der Waals surface area contributed by atoms with E-state index in [2.05, 4.69) is 62.8 Å². The maximum Gasteiger partial charge on any atom is 0.225 e. The third-order valence-corrected chi connectivity index (χ3v) is 6.78. The molecule has 33 heavy (non-hydrogen) atoms. The summed E-state index contributed by atoms with van der Waals surface area (Å²) in [6.07, 6.45) is 7.68. The number of aromatic nitrogens is 1. The maximum atomic E-state index is 12.6. The number of amides is 1. The van der Waals surface area contributed by atoms with E-state index in [-0.39, 0.29) is 24.0 Å². The molecule has 3 N–H and O–H groups in total. The van der Waals surface area contributed by atoms with Gasteiger partial charge in [-0.15, -0.1) is 24.0 Å². The van der Waals surface area contributed by atoms with E-state index >= 15 is 0 Å². The standard InChI is InChI=1S/C25H38N6O.HI/c1-2-26-25(27-12-11-21-19-29-23-10-6-5-9-22(21)23)28-13-14-30-15-17-31(18-16-30)24(32)20-7-3-4-8-20;/h5-6,9-10,19-20,29H,2-4,7-8,11-18H2,1H3,(H2,26,27,28);1H. The maximum absolute atomic E-state index is 12.6. The monoisotopic (exact) mass is 566 g/mol. The number of hydrogen-bond donors (Lipinski definition) is 3. The molecule has 0 bridgehead atoms. The van der Waals surface area contributed by atoms with E-state index in [0.717, 1.165) is 77.6 Å². The van der Waals surface area contributed by atoms with Crippen LogP contribution >= 0.6 is 24.0 Å². The largest absolute Gasteiger partial charge is 0.361 e. The molecule has 1 aliphatic heterocycles. The zero-order chi connectivity index (χ0) is 22.2. The highest BCUT2D eigenvalue weighted by atomic mass is 127. The molecule has 1 aromatic heterocycles. The van der Waals surface area contributed by atoms with Crippen molar-refractivity contribution in [3.63, 3.8) is 0 Å². The number of rotatable bonds is 8. The van der Waals surface area contributed by atoms with Crippen molar-refractivity contribution in [1.82, 2.24) is 25.4 Å². The molecule has 0 atom stereocenters. The van der Waals surface area contributed by atoms with Gasteiger partial charge < -0.3 is 20.5 Å². The van der Waals surface area contributed by atoms with E-state index in [4.69, 9.17) is 4.99 Å². The number of benzene rings is 1. The number of nitrogens with one attached hydrogen (secondary N) is 3. The van der Waals surface area contributed by atoms with Crippen molar-refractivity contribution >= 4 is 46.7 Å². The SMILES string of the molecule is CCNC(=NCCN1CCN(C(=O)C2CCCC2)CC1)NCCc1c[nH]c2ccccc12.I. The normalized spacial score (nSPS) is 17.8. The summed E-state index contributed by atoms with van der Waals surface area (Å²) in [4.78, 5) is 25.2. The molecular formula is C25H39IN6O. The molecular weight excluding hydrogens is 527 g/mol. The molecule has 1 saturated heterocycles. The van der Waals surface area contributed by atoms with Crippen molar-refractivity contribution < 1.29 is 4.79 Å². The average molecular weight is 567 g/mol. The van der Waals surface area contributed by atoms with Gasteiger partial charge in [0.05, 0.1) is 6.54 Å². The first kappa shape index (κ1) is 25.8. The minimum atomic E-state index is 0. The molecule has 4 rings (SSSR count). The van der Waals surface area contributed by atoms with E-state index in [0.29, 0.717) is 11.8 Å². The van der Waals surface area contributed by atoms with Gasteiger partial charge in [0.2, 0.25) is 5.91 Å². The molecule has 7 nitrogen and oxygen atoms in total. The Hall–Kier alpha value is -1.81. The zero-order valence-corrected chi connectivity index (χ0v) is 22.1. The van der Waals surface area contributed by atoms with Gasteiger partial charge in [0.15, 0.2) is 5.96 Å². The lowest BCUT2D eigenvalue weighted by Gasteiger charge is -2.35. The number of aliphatic imine (C=N–C) groups is 1. The van der Waals surface area contributed by atoms with Crippen LogP contribution in [0.15, 0.2) is 35.5 Å². The lowest BCUT2D eigenvalue weighted by Crippen LogP contribution is -2.50. The van der Waals surface area contributed by atoms with E-state index in [9.17, 15) is 4.79 Å². The Morgan fingerprint density at radius 2 is 1.88 bits per heavy atom. The molecule has 0 unspecified atom stereocenters. The molecule has 0 radical (unpaired) electrons. The Bertz CT molecular complexity index is 899. The van der Waals surface area contributed by atoms with E-state index < -0.39 is 0 Å². The third-order valence-electron chi connectivity index (χ3n) is 6.78. The summed E-state index contributed by atoms with van der Waals surface area (Å²) < 4.78 is 0. The van der Waals surface area contributed by atoms with Gasteiger partial charge >= 0.3 is 0 Å². The Morgan fingerprint density at radius 1 is 1.12 bits per heavy atom. The molecule has 2 aromatic rings. The lowest BCUT2D eigenvalue weighted by molar-refractivity contribution is -0.137. The number of aromatic amines is 1. The highest BCUT2D eigenvalue weighted by Crippen LogP contribution is 2.26. The van der Waals surface area contributed by atoms with Crippen LogP contribution in [0, 0.1) is 5.92 Å². The van der Waals surface area contributed by atoms with Gasteiger partial charge in [0, 0.05) is 68.8 Å². The molecule has 1 saturated carbocycles. The number of carbonyl (C=O) groups excluding carboxylic acids is 1. The first-order valence-corrected chi connectivity index (χ1v) is 12.3. The second-order valence-electron chi connectivity index (χ2n) is 8.95. The Kier molecular flexibility index (Phi) is 10.3. The van der Waals surface area contributed by atoms with Gasteiger partial charge in [-0.3, -0.25) is 14.7 Å². The lowest BCUT2D eigenvalue weighted by atomic mass is 10.1. The molecule has 8 heteroatoms. The molecule has 2 heterocycles. The first-order chi connectivity index (χ1) is 15.7. The summed E-state index contributed by atoms with van der Waals surface area (Å²) in [6.45, 7) is 9.12. The van der Waals surface area contributed by atoms with Gasteiger partial charge in [-0.25, -0.2) is 0 Å². The summed E-state index contributed by atoms with van der Waals surface area (Å²) in [7, 11) is 0. The van der Waals surface area contributed by atoms with Crippen molar-refractivity contribution in [2.24, 2.45) is 10.9 Å². The smallest absolute Gasteiger partial charge is 0.225 e. The molecule has 1 aliphatic carbocycles. The number of hydrogen-bond acceptors (Lipinski definition) is 3. The third kappa shape index (κ3) is 7.09. The predicted octanol–water partition coefficient (Wildman–Crippen LogP) is 3.22. The second-order valence-corrected chi connectivity index (χ2v) is 8.95. The fourth-order valence-corrected chi connectivity index (χ4v) is 4.92. The van der Waals surface area contributed by atoms with Crippen LogP contribution in [0.25, 0.3) is 10.9 Å². The van der Waals surface area contributed by atoms with Crippen LogP contribution in [-0.2, 0) is 11.2 Å². The minimum Gasteiger partial charge on any atom is -0.361 e. The van der Waals surface area contributed by atoms with Gasteiger partial charge in [-0.1, -0.05) is 31.0 Å². The van der Waals surface area contributed by atoms with Crippen molar-refractivity contribution in [2.45, 2.75) is 39.0 Å². The summed E-state index contributed by atoms with van der Waals surface area (Å²) in [6, 6.07) is 8.43. The molecule has 182 valence electrons. The van der Waals surface area contributed by atoms with Crippen molar-refractivity contribution in [3.05, 3.63) is 36.0 Å². The van der Waals surface area contributed by atoms with Crippen LogP contribution < -0.4 is 10.6 Å². The van der Waals surface area contributed by atoms with E-state index in [1.807, 2.05) is 0 Å². The highest BCUT2D eigenvalue weighted by molar-refractivity contribution is 14.0. The summed E-state index contributed by atoms with van der Waals surface area (Å²) >= 11 is 0. The first-order valence-electron chi connectivity index (χ1n) is 12.3. The topological polar surface area (TPSA) is 75.8 Å². The fraction of sp³-hybridized carbons (Fsp3) is 0.600. The van der Waals surface area contributed by atoms with E-state index in [1.54, 1.807) is 0 Å². The van der Waals surface area contributed by atoms with Crippen LogP contribution in [-0.4, -0.2) is 79.0 Å². The molecule has 0 spiro atoms.